The van der Waals surface area contributed by atoms with E-state index >= 15 is 0 Å². The van der Waals surface area contributed by atoms with Gasteiger partial charge in [-0.25, -0.2) is 4.39 Å². The number of likely N-dealkylation sites (N-methyl/N-ethyl adjacent to an activating group) is 1. The number of carbonyl (C=O) groups is 1. The molecule has 0 spiro atoms. The summed E-state index contributed by atoms with van der Waals surface area (Å²) in [6, 6.07) is 11.0. The molecular formula is C23H21ClFN3O. The second-order valence-electron chi connectivity index (χ2n) is 7.56. The standard InChI is InChI=1S/C23H21ClFN3O/c1-14-12-23(2,3)28(4)21-11-20(24)15(10-19(14)21)9-16(13-26)22(29)27-18-7-5-17(25)6-8-18/h5-12H,1-4H3,(H,27,29)/b16-9+. The number of hydrogen-bond acceptors (Lipinski definition) is 3. The van der Waals surface area contributed by atoms with E-state index in [1.54, 1.807) is 0 Å². The molecule has 1 aliphatic rings. The van der Waals surface area contributed by atoms with E-state index in [0.29, 0.717) is 16.3 Å². The van der Waals surface area contributed by atoms with Crippen LogP contribution in [-0.4, -0.2) is 18.5 Å². The molecular weight excluding hydrogens is 389 g/mol. The molecule has 1 heterocycles. The number of nitrogens with one attached hydrogen (secondary N) is 1. The molecule has 3 rings (SSSR count). The van der Waals surface area contributed by atoms with Gasteiger partial charge >= 0.3 is 0 Å². The van der Waals surface area contributed by atoms with Gasteiger partial charge in [-0.05, 0) is 74.4 Å². The zero-order valence-corrected chi connectivity index (χ0v) is 17.4. The summed E-state index contributed by atoms with van der Waals surface area (Å²) in [6.07, 6.45) is 3.64. The van der Waals surface area contributed by atoms with E-state index in [2.05, 4.69) is 30.1 Å². The SMILES string of the molecule is CC1=CC(C)(C)N(C)c2cc(Cl)c(/C=C(\C#N)C(=O)Nc3ccc(F)cc3)cc21. The minimum absolute atomic E-state index is 0.0951. The lowest BCUT2D eigenvalue weighted by Gasteiger charge is -2.40. The first-order valence-corrected chi connectivity index (χ1v) is 9.46. The van der Waals surface area contributed by atoms with Crippen LogP contribution in [0.2, 0.25) is 5.02 Å². The maximum absolute atomic E-state index is 13.0. The Hall–Kier alpha value is -3.10. The average Bonchev–Trinajstić information content (AvgIpc) is 2.66. The second kappa shape index (κ2) is 7.73. The van der Waals surface area contributed by atoms with Crippen molar-refractivity contribution >= 4 is 40.5 Å². The molecule has 29 heavy (non-hydrogen) atoms. The third kappa shape index (κ3) is 4.18. The van der Waals surface area contributed by atoms with Crippen LogP contribution in [-0.2, 0) is 4.79 Å². The van der Waals surface area contributed by atoms with Crippen molar-refractivity contribution in [3.8, 4) is 6.07 Å². The number of allylic oxidation sites excluding steroid dienone is 1. The van der Waals surface area contributed by atoms with Crippen molar-refractivity contribution in [2.75, 3.05) is 17.3 Å². The van der Waals surface area contributed by atoms with Gasteiger partial charge in [0.15, 0.2) is 0 Å². The Labute approximate surface area is 174 Å². The lowest BCUT2D eigenvalue weighted by Crippen LogP contribution is -2.42. The summed E-state index contributed by atoms with van der Waals surface area (Å²) in [5, 5.41) is 12.5. The molecule has 0 bridgehead atoms. The van der Waals surface area contributed by atoms with E-state index in [9.17, 15) is 14.4 Å². The summed E-state index contributed by atoms with van der Waals surface area (Å²) in [4.78, 5) is 14.6. The first kappa shape index (κ1) is 20.6. The zero-order chi connectivity index (χ0) is 21.3. The van der Waals surface area contributed by atoms with Crippen LogP contribution in [0.15, 0.2) is 48.0 Å². The molecule has 0 saturated heterocycles. The van der Waals surface area contributed by atoms with Crippen LogP contribution in [0.4, 0.5) is 15.8 Å². The molecule has 1 N–H and O–H groups in total. The number of anilines is 2. The van der Waals surface area contributed by atoms with Crippen LogP contribution in [0.3, 0.4) is 0 Å². The van der Waals surface area contributed by atoms with Crippen LogP contribution < -0.4 is 10.2 Å². The number of nitrogens with zero attached hydrogens (tertiary/aromatic N) is 2. The molecule has 1 aliphatic heterocycles. The van der Waals surface area contributed by atoms with E-state index in [0.717, 1.165) is 16.8 Å². The summed E-state index contributed by atoms with van der Waals surface area (Å²) < 4.78 is 13.0. The highest BCUT2D eigenvalue weighted by Crippen LogP contribution is 2.40. The molecule has 1 amide bonds. The van der Waals surface area contributed by atoms with Gasteiger partial charge in [0.2, 0.25) is 0 Å². The van der Waals surface area contributed by atoms with Gasteiger partial charge in [0.25, 0.3) is 5.91 Å². The minimum Gasteiger partial charge on any atom is -0.365 e. The van der Waals surface area contributed by atoms with E-state index < -0.39 is 11.7 Å². The summed E-state index contributed by atoms with van der Waals surface area (Å²) in [6.45, 7) is 6.27. The summed E-state index contributed by atoms with van der Waals surface area (Å²) in [7, 11) is 2.00. The first-order chi connectivity index (χ1) is 13.6. The molecule has 0 aromatic heterocycles. The van der Waals surface area contributed by atoms with Crippen LogP contribution in [0.1, 0.15) is 31.9 Å². The van der Waals surface area contributed by atoms with Gasteiger partial charge in [0.1, 0.15) is 17.5 Å². The fourth-order valence-corrected chi connectivity index (χ4v) is 3.55. The highest BCUT2D eigenvalue weighted by molar-refractivity contribution is 6.32. The smallest absolute Gasteiger partial charge is 0.266 e. The molecule has 0 fully saturated rings. The maximum Gasteiger partial charge on any atom is 0.266 e. The predicted molar refractivity (Wildman–Crippen MR) is 116 cm³/mol. The molecule has 0 aliphatic carbocycles. The van der Waals surface area contributed by atoms with Crippen molar-refractivity contribution in [1.82, 2.24) is 0 Å². The number of halogens is 2. The van der Waals surface area contributed by atoms with Crippen molar-refractivity contribution in [3.63, 3.8) is 0 Å². The Morgan fingerprint density at radius 3 is 2.55 bits per heavy atom. The van der Waals surface area contributed by atoms with Crippen molar-refractivity contribution in [3.05, 3.63) is 70.0 Å². The van der Waals surface area contributed by atoms with Crippen LogP contribution in [0.5, 0.6) is 0 Å². The number of hydrogen-bond donors (Lipinski definition) is 1. The second-order valence-corrected chi connectivity index (χ2v) is 7.97. The van der Waals surface area contributed by atoms with Crippen LogP contribution >= 0.6 is 11.6 Å². The Morgan fingerprint density at radius 2 is 1.93 bits per heavy atom. The van der Waals surface area contributed by atoms with E-state index in [-0.39, 0.29) is 11.1 Å². The number of benzene rings is 2. The van der Waals surface area contributed by atoms with Gasteiger partial charge in [0, 0.05) is 29.0 Å². The van der Waals surface area contributed by atoms with Gasteiger partial charge < -0.3 is 10.2 Å². The van der Waals surface area contributed by atoms with Gasteiger partial charge in [-0.3, -0.25) is 4.79 Å². The average molecular weight is 410 g/mol. The highest BCUT2D eigenvalue weighted by atomic mass is 35.5. The normalized spacial score (nSPS) is 15.3. The maximum atomic E-state index is 13.0. The molecule has 6 heteroatoms. The molecule has 0 saturated carbocycles. The van der Waals surface area contributed by atoms with Crippen molar-refractivity contribution in [2.24, 2.45) is 0 Å². The number of carbonyl (C=O) groups excluding carboxylic acids is 1. The lowest BCUT2D eigenvalue weighted by molar-refractivity contribution is -0.112. The monoisotopic (exact) mass is 409 g/mol. The third-order valence-corrected chi connectivity index (χ3v) is 5.43. The van der Waals surface area contributed by atoms with Crippen molar-refractivity contribution in [2.45, 2.75) is 26.3 Å². The van der Waals surface area contributed by atoms with Gasteiger partial charge in [-0.15, -0.1) is 0 Å². The number of amides is 1. The van der Waals surface area contributed by atoms with Crippen molar-refractivity contribution in [1.29, 1.82) is 5.26 Å². The molecule has 0 radical (unpaired) electrons. The predicted octanol–water partition coefficient (Wildman–Crippen LogP) is 5.66. The molecule has 4 nitrogen and oxygen atoms in total. The fourth-order valence-electron chi connectivity index (χ4n) is 3.33. The molecule has 0 unspecified atom stereocenters. The summed E-state index contributed by atoms with van der Waals surface area (Å²) in [5.41, 5.74) is 3.83. The highest BCUT2D eigenvalue weighted by Gasteiger charge is 2.29. The van der Waals surface area contributed by atoms with E-state index in [1.165, 1.54) is 30.3 Å². The fraction of sp³-hybridized carbons (Fsp3) is 0.217. The molecule has 148 valence electrons. The number of fused-ring (bicyclic) bond motifs is 1. The van der Waals surface area contributed by atoms with Crippen LogP contribution in [0, 0.1) is 17.1 Å². The molecule has 2 aromatic carbocycles. The number of nitriles is 1. The van der Waals surface area contributed by atoms with E-state index in [1.807, 2.05) is 32.2 Å². The van der Waals surface area contributed by atoms with Gasteiger partial charge in [-0.1, -0.05) is 17.7 Å². The molecule has 0 atom stereocenters. The van der Waals surface area contributed by atoms with E-state index in [4.69, 9.17) is 11.6 Å². The van der Waals surface area contributed by atoms with Crippen LogP contribution in [0.25, 0.3) is 11.6 Å². The summed E-state index contributed by atoms with van der Waals surface area (Å²) >= 11 is 6.48. The Balaban J connectivity index is 1.96. The lowest BCUT2D eigenvalue weighted by atomic mass is 9.88. The molecule has 2 aromatic rings. The Morgan fingerprint density at radius 1 is 1.28 bits per heavy atom. The summed E-state index contributed by atoms with van der Waals surface area (Å²) in [5.74, 6) is -0.991. The number of rotatable bonds is 3. The minimum atomic E-state index is -0.585. The zero-order valence-electron chi connectivity index (χ0n) is 16.7. The van der Waals surface area contributed by atoms with Gasteiger partial charge in [-0.2, -0.15) is 5.26 Å². The van der Waals surface area contributed by atoms with Crippen molar-refractivity contribution < 1.29 is 9.18 Å². The Kier molecular flexibility index (Phi) is 5.50. The largest absolute Gasteiger partial charge is 0.365 e. The topological polar surface area (TPSA) is 56.1 Å². The Bertz CT molecular complexity index is 1080. The quantitative estimate of drug-likeness (QED) is 0.526. The van der Waals surface area contributed by atoms with Gasteiger partial charge in [0.05, 0.1) is 5.54 Å². The third-order valence-electron chi connectivity index (χ3n) is 5.10. The first-order valence-electron chi connectivity index (χ1n) is 9.08.